The van der Waals surface area contributed by atoms with Gasteiger partial charge in [0.15, 0.2) is 0 Å². The summed E-state index contributed by atoms with van der Waals surface area (Å²) in [5.41, 5.74) is 2.10. The summed E-state index contributed by atoms with van der Waals surface area (Å²) in [6.45, 7) is 5.70. The van der Waals surface area contributed by atoms with Crippen LogP contribution in [0.2, 0.25) is 0 Å². The number of hydrogen-bond acceptors (Lipinski definition) is 4. The highest BCUT2D eigenvalue weighted by atomic mass is 16.5. The number of hydrogen-bond donors (Lipinski definition) is 1. The minimum Gasteiger partial charge on any atom is -0.495 e. The summed E-state index contributed by atoms with van der Waals surface area (Å²) >= 11 is 0. The number of rotatable bonds is 4. The zero-order chi connectivity index (χ0) is 15.1. The van der Waals surface area contributed by atoms with Gasteiger partial charge in [-0.2, -0.15) is 0 Å². The van der Waals surface area contributed by atoms with Crippen LogP contribution in [-0.2, 0) is 11.3 Å². The second-order valence-corrected chi connectivity index (χ2v) is 5.20. The molecule has 4 heteroatoms. The number of methoxy groups -OCH3 is 1. The van der Waals surface area contributed by atoms with E-state index in [2.05, 4.69) is 35.8 Å². The molecular weight excluding hydrogens is 266 g/mol. The summed E-state index contributed by atoms with van der Waals surface area (Å²) in [6.07, 6.45) is 0.480. The number of ether oxygens (including phenoxy) is 2. The molecule has 0 spiro atoms. The van der Waals surface area contributed by atoms with Gasteiger partial charge in [-0.15, -0.1) is 0 Å². The van der Waals surface area contributed by atoms with E-state index in [0.717, 1.165) is 37.6 Å². The highest BCUT2D eigenvalue weighted by Crippen LogP contribution is 2.21. The Kier molecular flexibility index (Phi) is 6.06. The molecule has 1 atom stereocenters. The van der Waals surface area contributed by atoms with E-state index in [0.29, 0.717) is 12.5 Å². The van der Waals surface area contributed by atoms with E-state index < -0.39 is 0 Å². The molecule has 1 aliphatic rings. The maximum absolute atomic E-state index is 8.82. The summed E-state index contributed by atoms with van der Waals surface area (Å²) in [4.78, 5) is 2.41. The van der Waals surface area contributed by atoms with Gasteiger partial charge in [0, 0.05) is 25.6 Å². The lowest BCUT2D eigenvalue weighted by Gasteiger charge is -2.33. The molecule has 1 fully saturated rings. The zero-order valence-corrected chi connectivity index (χ0v) is 12.8. The van der Waals surface area contributed by atoms with Crippen LogP contribution in [0, 0.1) is 11.8 Å². The van der Waals surface area contributed by atoms with Crippen molar-refractivity contribution in [3.8, 4) is 17.6 Å². The monoisotopic (exact) mass is 289 g/mol. The number of benzene rings is 1. The van der Waals surface area contributed by atoms with Crippen molar-refractivity contribution in [2.45, 2.75) is 25.9 Å². The van der Waals surface area contributed by atoms with Crippen molar-refractivity contribution >= 4 is 0 Å². The minimum absolute atomic E-state index is 0.0836. The van der Waals surface area contributed by atoms with E-state index in [1.165, 1.54) is 5.56 Å². The van der Waals surface area contributed by atoms with Crippen molar-refractivity contribution in [1.82, 2.24) is 4.90 Å². The van der Waals surface area contributed by atoms with Crippen LogP contribution in [0.4, 0.5) is 0 Å². The van der Waals surface area contributed by atoms with Crippen molar-refractivity contribution in [2.24, 2.45) is 0 Å². The highest BCUT2D eigenvalue weighted by molar-refractivity contribution is 5.48. The van der Waals surface area contributed by atoms with Gasteiger partial charge in [0.1, 0.15) is 5.75 Å². The first-order valence-corrected chi connectivity index (χ1v) is 7.33. The number of nitrogens with zero attached hydrogens (tertiary/aromatic N) is 1. The van der Waals surface area contributed by atoms with Crippen molar-refractivity contribution < 1.29 is 14.6 Å². The van der Waals surface area contributed by atoms with Crippen LogP contribution in [-0.4, -0.2) is 49.5 Å². The molecule has 0 bridgehead atoms. The zero-order valence-electron chi connectivity index (χ0n) is 12.8. The third-order valence-electron chi connectivity index (χ3n) is 3.61. The van der Waals surface area contributed by atoms with E-state index in [9.17, 15) is 0 Å². The summed E-state index contributed by atoms with van der Waals surface area (Å²) in [7, 11) is 1.65. The molecule has 2 rings (SSSR count). The molecule has 1 aliphatic heterocycles. The van der Waals surface area contributed by atoms with Gasteiger partial charge < -0.3 is 14.6 Å². The average Bonchev–Trinajstić information content (AvgIpc) is 2.50. The SMILES string of the molecule is COc1ccc(CN2CCOCC2C)cc1C#CCCO. The average molecular weight is 289 g/mol. The van der Waals surface area contributed by atoms with Crippen molar-refractivity contribution in [3.63, 3.8) is 0 Å². The molecule has 1 saturated heterocycles. The Hall–Kier alpha value is -1.54. The maximum atomic E-state index is 8.82. The van der Waals surface area contributed by atoms with Crippen LogP contribution in [0.5, 0.6) is 5.75 Å². The molecule has 0 saturated carbocycles. The number of aliphatic hydroxyl groups excluding tert-OH is 1. The molecule has 1 N–H and O–H groups in total. The van der Waals surface area contributed by atoms with E-state index in [1.54, 1.807) is 7.11 Å². The molecule has 21 heavy (non-hydrogen) atoms. The minimum atomic E-state index is 0.0836. The summed E-state index contributed by atoms with van der Waals surface area (Å²) in [5.74, 6) is 6.80. The standard InChI is InChI=1S/C17H23NO3/c1-14-13-21-10-8-18(14)12-15-6-7-17(20-2)16(11-15)5-3-4-9-19/h6-7,11,14,19H,4,8-10,12-13H2,1-2H3. The van der Waals surface area contributed by atoms with Crippen molar-refractivity contribution in [3.05, 3.63) is 29.3 Å². The summed E-state index contributed by atoms with van der Waals surface area (Å²) in [6, 6.07) is 6.55. The first-order valence-electron chi connectivity index (χ1n) is 7.33. The largest absolute Gasteiger partial charge is 0.495 e. The molecule has 1 unspecified atom stereocenters. The predicted molar refractivity (Wildman–Crippen MR) is 82.3 cm³/mol. The quantitative estimate of drug-likeness (QED) is 0.856. The normalized spacial score (nSPS) is 18.9. The van der Waals surface area contributed by atoms with Crippen molar-refractivity contribution in [1.29, 1.82) is 0 Å². The third kappa shape index (κ3) is 4.47. The number of aliphatic hydroxyl groups is 1. The van der Waals surface area contributed by atoms with E-state index in [4.69, 9.17) is 14.6 Å². The Morgan fingerprint density at radius 2 is 2.33 bits per heavy atom. The van der Waals surface area contributed by atoms with Crippen LogP contribution in [0.25, 0.3) is 0 Å². The van der Waals surface area contributed by atoms with E-state index >= 15 is 0 Å². The molecule has 0 aromatic heterocycles. The fourth-order valence-electron chi connectivity index (χ4n) is 2.40. The molecule has 0 amide bonds. The smallest absolute Gasteiger partial charge is 0.134 e. The van der Waals surface area contributed by atoms with Gasteiger partial charge in [-0.3, -0.25) is 4.90 Å². The van der Waals surface area contributed by atoms with Crippen LogP contribution < -0.4 is 4.74 Å². The first-order chi connectivity index (χ1) is 10.2. The Morgan fingerprint density at radius 1 is 1.48 bits per heavy atom. The lowest BCUT2D eigenvalue weighted by Crippen LogP contribution is -2.42. The van der Waals surface area contributed by atoms with Crippen LogP contribution in [0.3, 0.4) is 0 Å². The molecule has 114 valence electrons. The molecule has 0 radical (unpaired) electrons. The lowest BCUT2D eigenvalue weighted by molar-refractivity contribution is -0.00437. The second-order valence-electron chi connectivity index (χ2n) is 5.20. The summed E-state index contributed by atoms with van der Waals surface area (Å²) < 4.78 is 10.8. The molecule has 1 heterocycles. The Labute approximate surface area is 126 Å². The lowest BCUT2D eigenvalue weighted by atomic mass is 10.1. The van der Waals surface area contributed by atoms with Crippen molar-refractivity contribution in [2.75, 3.05) is 33.5 Å². The fraction of sp³-hybridized carbons (Fsp3) is 0.529. The summed E-state index contributed by atoms with van der Waals surface area (Å²) in [5, 5.41) is 8.82. The van der Waals surface area contributed by atoms with Gasteiger partial charge in [0.2, 0.25) is 0 Å². The second kappa shape index (κ2) is 8.04. The first kappa shape index (κ1) is 15.8. The van der Waals surface area contributed by atoms with Gasteiger partial charge in [0.05, 0.1) is 32.5 Å². The third-order valence-corrected chi connectivity index (χ3v) is 3.61. The predicted octanol–water partition coefficient (Wildman–Crippen LogP) is 1.65. The molecule has 0 aliphatic carbocycles. The topological polar surface area (TPSA) is 41.9 Å². The molecular formula is C17H23NO3. The van der Waals surface area contributed by atoms with Crippen LogP contribution >= 0.6 is 0 Å². The van der Waals surface area contributed by atoms with Gasteiger partial charge in [0.25, 0.3) is 0 Å². The maximum Gasteiger partial charge on any atom is 0.134 e. The van der Waals surface area contributed by atoms with E-state index in [1.807, 2.05) is 6.07 Å². The Balaban J connectivity index is 2.13. The fourth-order valence-corrected chi connectivity index (χ4v) is 2.40. The molecule has 1 aromatic carbocycles. The van der Waals surface area contributed by atoms with Gasteiger partial charge >= 0.3 is 0 Å². The molecule has 1 aromatic rings. The Morgan fingerprint density at radius 3 is 3.05 bits per heavy atom. The highest BCUT2D eigenvalue weighted by Gasteiger charge is 2.18. The molecule has 4 nitrogen and oxygen atoms in total. The van der Waals surface area contributed by atoms with Crippen LogP contribution in [0.1, 0.15) is 24.5 Å². The van der Waals surface area contributed by atoms with E-state index in [-0.39, 0.29) is 6.61 Å². The number of morpholine rings is 1. The van der Waals surface area contributed by atoms with Gasteiger partial charge in [-0.05, 0) is 24.6 Å². The van der Waals surface area contributed by atoms with Gasteiger partial charge in [-0.25, -0.2) is 0 Å². The van der Waals surface area contributed by atoms with Gasteiger partial charge in [-0.1, -0.05) is 17.9 Å². The van der Waals surface area contributed by atoms with Crippen LogP contribution in [0.15, 0.2) is 18.2 Å². The Bertz CT molecular complexity index is 519.